The van der Waals surface area contributed by atoms with Crippen molar-refractivity contribution in [2.75, 3.05) is 0 Å². The molecule has 6 heteroatoms. The second-order valence-electron chi connectivity index (χ2n) is 5.05. The molecule has 0 fully saturated rings. The third-order valence-corrected chi connectivity index (χ3v) is 5.39. The Morgan fingerprint density at radius 1 is 1.09 bits per heavy atom. The van der Waals surface area contributed by atoms with Crippen molar-refractivity contribution < 1.29 is 23.1 Å². The van der Waals surface area contributed by atoms with E-state index in [1.165, 1.54) is 30.6 Å². The van der Waals surface area contributed by atoms with Crippen molar-refractivity contribution in [3.63, 3.8) is 0 Å². The second-order valence-corrected chi connectivity index (χ2v) is 6.93. The predicted octanol–water partition coefficient (Wildman–Crippen LogP) is 2.17. The average Bonchev–Trinajstić information content (AvgIpc) is 2.74. The number of hydrogen-bond acceptors (Lipinski definition) is 4. The maximum atomic E-state index is 12.4. The first-order chi connectivity index (χ1) is 11.0. The van der Waals surface area contributed by atoms with Crippen LogP contribution in [0.15, 0.2) is 70.7 Å². The Morgan fingerprint density at radius 3 is 2.48 bits per heavy atom. The van der Waals surface area contributed by atoms with Gasteiger partial charge in [0.25, 0.3) is 0 Å². The van der Waals surface area contributed by atoms with E-state index in [1.807, 2.05) is 0 Å². The third-order valence-electron chi connectivity index (χ3n) is 3.52. The summed E-state index contributed by atoms with van der Waals surface area (Å²) >= 11 is 0. The monoisotopic (exact) mass is 328 g/mol. The molecule has 0 amide bonds. The van der Waals surface area contributed by atoms with E-state index in [-0.39, 0.29) is 15.4 Å². The molecular formula is C17H14NO4S+. The number of hydrogen-bond donors (Lipinski definition) is 1. The number of rotatable bonds is 3. The largest absolute Gasteiger partial charge is 0.288 e. The summed E-state index contributed by atoms with van der Waals surface area (Å²) in [5.74, 6) is -0.449. The van der Waals surface area contributed by atoms with Crippen LogP contribution in [-0.2, 0) is 9.84 Å². The van der Waals surface area contributed by atoms with Crippen LogP contribution in [0.5, 0.6) is 0 Å². The molecule has 0 atom stereocenters. The number of aromatic nitrogens is 1. The van der Waals surface area contributed by atoms with Crippen molar-refractivity contribution >= 4 is 21.7 Å². The van der Waals surface area contributed by atoms with Crippen LogP contribution in [-0.4, -0.2) is 19.4 Å². The van der Waals surface area contributed by atoms with E-state index in [0.717, 1.165) is 10.3 Å². The molecule has 23 heavy (non-hydrogen) atoms. The molecule has 0 aliphatic carbocycles. The summed E-state index contributed by atoms with van der Waals surface area (Å²) in [5, 5.41) is 9.12. The summed E-state index contributed by atoms with van der Waals surface area (Å²) in [6.07, 6.45) is 8.27. The lowest BCUT2D eigenvalue weighted by Gasteiger charge is -1.95. The standard InChI is InChI=1S/C17H14NO4S/c19-17-14-6-2-4-7-15(14)23(21,22)16(17)8-3-1-5-13-9-11-18(20)12-10-13/h1-2,4-12,20H,3H2/q+1. The molecule has 5 nitrogen and oxygen atoms in total. The van der Waals surface area contributed by atoms with Crippen LogP contribution in [0.4, 0.5) is 0 Å². The third kappa shape index (κ3) is 2.80. The van der Waals surface area contributed by atoms with E-state index in [2.05, 4.69) is 0 Å². The normalized spacial score (nSPS) is 17.7. The average molecular weight is 328 g/mol. The molecule has 1 aliphatic heterocycles. The Morgan fingerprint density at radius 2 is 1.78 bits per heavy atom. The second kappa shape index (κ2) is 5.81. The minimum Gasteiger partial charge on any atom is -0.288 e. The number of allylic oxidation sites excluding steroid dienone is 3. The Kier molecular flexibility index (Phi) is 3.83. The lowest BCUT2D eigenvalue weighted by Crippen LogP contribution is -2.27. The maximum Gasteiger partial charge on any atom is 0.222 e. The molecule has 2 aromatic rings. The van der Waals surface area contributed by atoms with E-state index in [9.17, 15) is 13.2 Å². The fraction of sp³-hybridized carbons (Fsp3) is 0.0588. The van der Waals surface area contributed by atoms with E-state index in [1.54, 1.807) is 36.4 Å². The molecule has 116 valence electrons. The van der Waals surface area contributed by atoms with E-state index < -0.39 is 15.6 Å². The molecule has 1 aromatic carbocycles. The summed E-state index contributed by atoms with van der Waals surface area (Å²) in [5.41, 5.74) is 1.09. The van der Waals surface area contributed by atoms with Gasteiger partial charge in [-0.2, -0.15) is 0 Å². The minimum atomic E-state index is -3.71. The van der Waals surface area contributed by atoms with Gasteiger partial charge in [-0.15, -0.1) is 0 Å². The zero-order valence-electron chi connectivity index (χ0n) is 12.1. The summed E-state index contributed by atoms with van der Waals surface area (Å²) < 4.78 is 25.6. The van der Waals surface area contributed by atoms with Gasteiger partial charge in [-0.3, -0.25) is 10.0 Å². The lowest BCUT2D eigenvalue weighted by atomic mass is 10.1. The highest BCUT2D eigenvalue weighted by molar-refractivity contribution is 7.97. The smallest absolute Gasteiger partial charge is 0.222 e. The molecule has 1 N–H and O–H groups in total. The van der Waals surface area contributed by atoms with E-state index >= 15 is 0 Å². The highest BCUT2D eigenvalue weighted by atomic mass is 32.2. The number of pyridine rings is 1. The van der Waals surface area contributed by atoms with E-state index in [0.29, 0.717) is 6.42 Å². The number of fused-ring (bicyclic) bond motifs is 1. The summed E-state index contributed by atoms with van der Waals surface area (Å²) in [4.78, 5) is 12.1. The first-order valence-corrected chi connectivity index (χ1v) is 8.44. The summed E-state index contributed by atoms with van der Waals surface area (Å²) in [7, 11) is -3.71. The zero-order chi connectivity index (χ0) is 16.4. The van der Waals surface area contributed by atoms with Gasteiger partial charge in [-0.25, -0.2) is 8.42 Å². The number of ketones is 1. The molecule has 0 spiro atoms. The van der Waals surface area contributed by atoms with Crippen molar-refractivity contribution in [3.8, 4) is 0 Å². The number of benzene rings is 1. The molecule has 1 aromatic heterocycles. The molecule has 0 bridgehead atoms. The fourth-order valence-electron chi connectivity index (χ4n) is 2.38. The first kappa shape index (κ1) is 15.2. The topological polar surface area (TPSA) is 75.3 Å². The SMILES string of the molecule is O=C1C(=CCC=Cc2cc[n+](O)cc2)S(=O)(=O)c2ccccc21. The van der Waals surface area contributed by atoms with Gasteiger partial charge in [0.2, 0.25) is 28.0 Å². The zero-order valence-corrected chi connectivity index (χ0v) is 12.9. The van der Waals surface area contributed by atoms with Crippen LogP contribution in [0.1, 0.15) is 22.3 Å². The fourth-order valence-corrected chi connectivity index (χ4v) is 4.00. The highest BCUT2D eigenvalue weighted by Crippen LogP contribution is 2.33. The number of Topliss-reactive ketones (excluding diaryl/α,β-unsaturated/α-hetero) is 1. The van der Waals surface area contributed by atoms with Crippen molar-refractivity contribution in [2.45, 2.75) is 11.3 Å². The van der Waals surface area contributed by atoms with Crippen LogP contribution < -0.4 is 4.73 Å². The molecule has 0 saturated carbocycles. The van der Waals surface area contributed by atoms with Gasteiger partial charge >= 0.3 is 0 Å². The van der Waals surface area contributed by atoms with Crippen LogP contribution in [0.25, 0.3) is 6.08 Å². The quantitative estimate of drug-likeness (QED) is 0.532. The summed E-state index contributed by atoms with van der Waals surface area (Å²) in [6, 6.07) is 9.65. The Bertz CT molecular complexity index is 925. The van der Waals surface area contributed by atoms with Gasteiger partial charge in [0.15, 0.2) is 0 Å². The Hall–Kier alpha value is -2.73. The van der Waals surface area contributed by atoms with Crippen LogP contribution in [0, 0.1) is 0 Å². The maximum absolute atomic E-state index is 12.4. The molecule has 2 heterocycles. The van der Waals surface area contributed by atoms with Gasteiger partial charge < -0.3 is 0 Å². The van der Waals surface area contributed by atoms with Gasteiger partial charge in [0.05, 0.1) is 4.90 Å². The molecule has 0 unspecified atom stereocenters. The Balaban J connectivity index is 1.81. The first-order valence-electron chi connectivity index (χ1n) is 6.96. The lowest BCUT2D eigenvalue weighted by molar-refractivity contribution is -0.904. The molecule has 1 aliphatic rings. The number of carbonyl (C=O) groups excluding carboxylic acids is 1. The van der Waals surface area contributed by atoms with Gasteiger partial charge in [0.1, 0.15) is 4.91 Å². The molecule has 0 saturated heterocycles. The van der Waals surface area contributed by atoms with Gasteiger partial charge in [-0.05, 0) is 24.1 Å². The van der Waals surface area contributed by atoms with E-state index in [4.69, 9.17) is 5.21 Å². The Labute approximate surface area is 133 Å². The molecule has 0 radical (unpaired) electrons. The summed E-state index contributed by atoms with van der Waals surface area (Å²) in [6.45, 7) is 0. The van der Waals surface area contributed by atoms with Crippen LogP contribution >= 0.6 is 0 Å². The van der Waals surface area contributed by atoms with Crippen molar-refractivity contribution in [3.05, 3.63) is 77.0 Å². The highest BCUT2D eigenvalue weighted by Gasteiger charge is 2.38. The molecular weight excluding hydrogens is 314 g/mol. The number of sulfone groups is 1. The molecule has 3 rings (SSSR count). The number of carbonyl (C=O) groups is 1. The van der Waals surface area contributed by atoms with Crippen molar-refractivity contribution in [1.29, 1.82) is 0 Å². The van der Waals surface area contributed by atoms with Gasteiger partial charge in [-0.1, -0.05) is 30.4 Å². The van der Waals surface area contributed by atoms with Gasteiger partial charge in [0, 0.05) is 22.4 Å². The number of nitrogens with zero attached hydrogens (tertiary/aromatic N) is 1. The van der Waals surface area contributed by atoms with Crippen molar-refractivity contribution in [2.24, 2.45) is 0 Å². The van der Waals surface area contributed by atoms with Crippen LogP contribution in [0.2, 0.25) is 0 Å². The predicted molar refractivity (Wildman–Crippen MR) is 83.5 cm³/mol. The van der Waals surface area contributed by atoms with Crippen molar-refractivity contribution in [1.82, 2.24) is 0 Å². The minimum absolute atomic E-state index is 0.0794. The van der Waals surface area contributed by atoms with Crippen LogP contribution in [0.3, 0.4) is 0 Å².